The van der Waals surface area contributed by atoms with Gasteiger partial charge >= 0.3 is 0 Å². The number of thiophene rings is 1. The third kappa shape index (κ3) is 3.56. The number of piperidine rings is 1. The molecule has 0 amide bonds. The van der Waals surface area contributed by atoms with E-state index in [2.05, 4.69) is 44.1 Å². The second kappa shape index (κ2) is 6.18. The van der Waals surface area contributed by atoms with E-state index in [0.717, 1.165) is 5.92 Å². The summed E-state index contributed by atoms with van der Waals surface area (Å²) in [5.74, 6) is 0.865. The van der Waals surface area contributed by atoms with Crippen molar-refractivity contribution in [2.45, 2.75) is 39.7 Å². The molecule has 0 spiro atoms. The number of nitrogens with zero attached hydrogens (tertiary/aromatic N) is 1. The maximum absolute atomic E-state index is 3.73. The maximum Gasteiger partial charge on any atom is 0.0302 e. The highest BCUT2D eigenvalue weighted by Gasteiger charge is 2.18. The predicted molar refractivity (Wildman–Crippen MR) is 80.4 cm³/mol. The van der Waals surface area contributed by atoms with Crippen molar-refractivity contribution >= 4 is 11.3 Å². The van der Waals surface area contributed by atoms with E-state index in [0.29, 0.717) is 6.04 Å². The van der Waals surface area contributed by atoms with Crippen LogP contribution in [0.15, 0.2) is 6.07 Å². The number of aryl methyl sites for hydroxylation is 2. The van der Waals surface area contributed by atoms with Crippen LogP contribution in [0.3, 0.4) is 0 Å². The Bertz CT molecular complexity index is 378. The number of likely N-dealkylation sites (tertiary alicyclic amines) is 1. The van der Waals surface area contributed by atoms with Gasteiger partial charge < -0.3 is 10.2 Å². The molecule has 1 N–H and O–H groups in total. The Morgan fingerprint density at radius 2 is 2.06 bits per heavy atom. The standard InChI is InChI=1S/C15H26N2S/c1-11-9-15(13(3)18-11)12(2)16-10-14-5-7-17(4)8-6-14/h9,12,14,16H,5-8,10H2,1-4H3. The quantitative estimate of drug-likeness (QED) is 0.899. The van der Waals surface area contributed by atoms with Gasteiger partial charge in [-0.1, -0.05) is 0 Å². The Kier molecular flexibility index (Phi) is 4.82. The Hall–Kier alpha value is -0.380. The van der Waals surface area contributed by atoms with Gasteiger partial charge in [-0.15, -0.1) is 11.3 Å². The van der Waals surface area contributed by atoms with Crippen LogP contribution < -0.4 is 5.32 Å². The van der Waals surface area contributed by atoms with Gasteiger partial charge in [0.15, 0.2) is 0 Å². The molecule has 1 aromatic heterocycles. The van der Waals surface area contributed by atoms with Crippen LogP contribution in [-0.2, 0) is 0 Å². The minimum absolute atomic E-state index is 0.495. The smallest absolute Gasteiger partial charge is 0.0302 e. The van der Waals surface area contributed by atoms with E-state index in [-0.39, 0.29) is 0 Å². The molecule has 1 aromatic rings. The SMILES string of the molecule is Cc1cc(C(C)NCC2CCN(C)CC2)c(C)s1. The monoisotopic (exact) mass is 266 g/mol. The lowest BCUT2D eigenvalue weighted by Crippen LogP contribution is -2.35. The van der Waals surface area contributed by atoms with E-state index in [9.17, 15) is 0 Å². The largest absolute Gasteiger partial charge is 0.310 e. The first-order valence-corrected chi connectivity index (χ1v) is 7.86. The molecule has 1 saturated heterocycles. The first-order valence-electron chi connectivity index (χ1n) is 7.05. The lowest BCUT2D eigenvalue weighted by Gasteiger charge is -2.30. The van der Waals surface area contributed by atoms with Crippen LogP contribution in [-0.4, -0.2) is 31.6 Å². The molecular weight excluding hydrogens is 240 g/mol. The molecule has 2 nitrogen and oxygen atoms in total. The molecule has 0 saturated carbocycles. The van der Waals surface area contributed by atoms with E-state index >= 15 is 0 Å². The molecule has 2 rings (SSSR count). The van der Waals surface area contributed by atoms with Crippen LogP contribution in [0.2, 0.25) is 0 Å². The first kappa shape index (κ1) is 14.0. The minimum Gasteiger partial charge on any atom is -0.310 e. The van der Waals surface area contributed by atoms with Crippen LogP contribution >= 0.6 is 11.3 Å². The van der Waals surface area contributed by atoms with Gasteiger partial charge in [0.2, 0.25) is 0 Å². The summed E-state index contributed by atoms with van der Waals surface area (Å²) in [6.07, 6.45) is 2.69. The van der Waals surface area contributed by atoms with E-state index in [1.807, 2.05) is 11.3 Å². The first-order chi connectivity index (χ1) is 8.56. The van der Waals surface area contributed by atoms with Crippen molar-refractivity contribution in [2.75, 3.05) is 26.7 Å². The third-order valence-corrected chi connectivity index (χ3v) is 5.08. The summed E-state index contributed by atoms with van der Waals surface area (Å²) < 4.78 is 0. The van der Waals surface area contributed by atoms with Gasteiger partial charge in [0, 0.05) is 15.8 Å². The molecule has 1 fully saturated rings. The highest BCUT2D eigenvalue weighted by atomic mass is 32.1. The molecule has 2 heterocycles. The fourth-order valence-electron chi connectivity index (χ4n) is 2.80. The number of hydrogen-bond donors (Lipinski definition) is 1. The summed E-state index contributed by atoms with van der Waals surface area (Å²) in [6.45, 7) is 10.4. The maximum atomic E-state index is 3.73. The molecule has 0 aromatic carbocycles. The lowest BCUT2D eigenvalue weighted by molar-refractivity contribution is 0.213. The van der Waals surface area contributed by atoms with Crippen molar-refractivity contribution < 1.29 is 0 Å². The summed E-state index contributed by atoms with van der Waals surface area (Å²) in [5, 5.41) is 3.73. The van der Waals surface area contributed by atoms with Crippen molar-refractivity contribution in [3.63, 3.8) is 0 Å². The van der Waals surface area contributed by atoms with Crippen LogP contribution in [0, 0.1) is 19.8 Å². The summed E-state index contributed by atoms with van der Waals surface area (Å²) in [5.41, 5.74) is 1.49. The molecule has 1 aliphatic heterocycles. The highest BCUT2D eigenvalue weighted by molar-refractivity contribution is 7.12. The Labute approximate surface area is 115 Å². The highest BCUT2D eigenvalue weighted by Crippen LogP contribution is 2.26. The van der Waals surface area contributed by atoms with Crippen LogP contribution in [0.5, 0.6) is 0 Å². The van der Waals surface area contributed by atoms with Gasteiger partial charge in [0.25, 0.3) is 0 Å². The van der Waals surface area contributed by atoms with Crippen molar-refractivity contribution in [3.8, 4) is 0 Å². The van der Waals surface area contributed by atoms with Crippen molar-refractivity contribution in [1.82, 2.24) is 10.2 Å². The molecule has 18 heavy (non-hydrogen) atoms. The summed E-state index contributed by atoms with van der Waals surface area (Å²) in [4.78, 5) is 5.33. The van der Waals surface area contributed by atoms with Crippen molar-refractivity contribution in [1.29, 1.82) is 0 Å². The third-order valence-electron chi connectivity index (χ3n) is 4.10. The Morgan fingerprint density at radius 1 is 1.39 bits per heavy atom. The van der Waals surface area contributed by atoms with E-state index < -0.39 is 0 Å². The van der Waals surface area contributed by atoms with Crippen LogP contribution in [0.1, 0.15) is 41.1 Å². The number of nitrogens with one attached hydrogen (secondary N) is 1. The molecule has 0 bridgehead atoms. The second-order valence-corrected chi connectivity index (χ2v) is 7.21. The van der Waals surface area contributed by atoms with Crippen LogP contribution in [0.4, 0.5) is 0 Å². The summed E-state index contributed by atoms with van der Waals surface area (Å²) in [6, 6.07) is 2.83. The molecule has 102 valence electrons. The van der Waals surface area contributed by atoms with E-state index in [4.69, 9.17) is 0 Å². The zero-order valence-electron chi connectivity index (χ0n) is 12.1. The van der Waals surface area contributed by atoms with Gasteiger partial charge in [-0.2, -0.15) is 0 Å². The van der Waals surface area contributed by atoms with Gasteiger partial charge in [-0.25, -0.2) is 0 Å². The molecule has 0 aliphatic carbocycles. The molecule has 1 atom stereocenters. The lowest BCUT2D eigenvalue weighted by atomic mass is 9.96. The van der Waals surface area contributed by atoms with Crippen molar-refractivity contribution in [3.05, 3.63) is 21.4 Å². The normalized spacial score (nSPS) is 20.2. The van der Waals surface area contributed by atoms with E-state index in [1.54, 1.807) is 0 Å². The zero-order valence-corrected chi connectivity index (χ0v) is 12.9. The molecular formula is C15H26N2S. The fraction of sp³-hybridized carbons (Fsp3) is 0.733. The molecule has 1 unspecified atom stereocenters. The van der Waals surface area contributed by atoms with Gasteiger partial charge in [-0.3, -0.25) is 0 Å². The average molecular weight is 266 g/mol. The van der Waals surface area contributed by atoms with Gasteiger partial charge in [0.1, 0.15) is 0 Å². The molecule has 0 radical (unpaired) electrons. The fourth-order valence-corrected chi connectivity index (χ4v) is 3.82. The second-order valence-electron chi connectivity index (χ2n) is 5.75. The Balaban J connectivity index is 1.81. The zero-order chi connectivity index (χ0) is 13.1. The van der Waals surface area contributed by atoms with Gasteiger partial charge in [0.05, 0.1) is 0 Å². The topological polar surface area (TPSA) is 15.3 Å². The van der Waals surface area contributed by atoms with Crippen LogP contribution in [0.25, 0.3) is 0 Å². The Morgan fingerprint density at radius 3 is 2.61 bits per heavy atom. The number of hydrogen-bond acceptors (Lipinski definition) is 3. The molecule has 1 aliphatic rings. The number of rotatable bonds is 4. The van der Waals surface area contributed by atoms with Crippen molar-refractivity contribution in [2.24, 2.45) is 5.92 Å². The molecule has 3 heteroatoms. The predicted octanol–water partition coefficient (Wildman–Crippen LogP) is 3.36. The summed E-state index contributed by atoms with van der Waals surface area (Å²) in [7, 11) is 2.23. The van der Waals surface area contributed by atoms with Gasteiger partial charge in [-0.05, 0) is 77.8 Å². The van der Waals surface area contributed by atoms with E-state index in [1.165, 1.54) is 47.8 Å². The minimum atomic E-state index is 0.495. The average Bonchev–Trinajstić information content (AvgIpc) is 2.67. The summed E-state index contributed by atoms with van der Waals surface area (Å²) >= 11 is 1.91.